The number of unbranched alkanes of at least 4 members (excludes halogenated alkanes) is 3. The summed E-state index contributed by atoms with van der Waals surface area (Å²) in [4.78, 5) is 34.0. The monoisotopic (exact) mass is 462 g/mol. The van der Waals surface area contributed by atoms with E-state index in [4.69, 9.17) is 14.6 Å². The third-order valence-electron chi connectivity index (χ3n) is 4.99. The number of hydrogen-bond donors (Lipinski definition) is 2. The van der Waals surface area contributed by atoms with Gasteiger partial charge >= 0.3 is 11.9 Å². The van der Waals surface area contributed by atoms with Crippen LogP contribution in [0.15, 0.2) is 30.4 Å². The van der Waals surface area contributed by atoms with Crippen LogP contribution in [0.1, 0.15) is 77.7 Å². The molecule has 0 amide bonds. The fraction of sp³-hybridized carbons (Fsp3) is 0.577. The van der Waals surface area contributed by atoms with Crippen LogP contribution < -0.4 is 9.47 Å². The molecule has 1 atom stereocenters. The Balaban J connectivity index is 2.59. The number of ketones is 1. The number of carbonyl (C=O) groups is 3. The van der Waals surface area contributed by atoms with Gasteiger partial charge in [-0.15, -0.1) is 0 Å². The lowest BCUT2D eigenvalue weighted by atomic mass is 10.0. The summed E-state index contributed by atoms with van der Waals surface area (Å²) in [6.07, 6.45) is 8.81. The Morgan fingerprint density at radius 1 is 0.939 bits per heavy atom. The molecule has 0 radical (unpaired) electrons. The summed E-state index contributed by atoms with van der Waals surface area (Å²) < 4.78 is 11.3. The van der Waals surface area contributed by atoms with Gasteiger partial charge in [-0.3, -0.25) is 9.59 Å². The summed E-state index contributed by atoms with van der Waals surface area (Å²) in [5.41, 5.74) is 0.869. The van der Waals surface area contributed by atoms with Crippen molar-refractivity contribution in [2.24, 2.45) is 5.92 Å². The van der Waals surface area contributed by atoms with Crippen LogP contribution in [0.25, 0.3) is 0 Å². The molecule has 184 valence electrons. The largest absolute Gasteiger partial charge is 0.490 e. The highest BCUT2D eigenvalue weighted by atomic mass is 16.5. The normalized spacial score (nSPS) is 12.1. The van der Waals surface area contributed by atoms with Gasteiger partial charge in [0.15, 0.2) is 17.6 Å². The molecular formula is C26H38O7. The molecule has 33 heavy (non-hydrogen) atoms. The van der Waals surface area contributed by atoms with Gasteiger partial charge in [0.2, 0.25) is 0 Å². The molecule has 1 rings (SSSR count). The number of carboxylic acid groups (broad SMARTS) is 2. The fourth-order valence-electron chi connectivity index (χ4n) is 3.08. The summed E-state index contributed by atoms with van der Waals surface area (Å²) in [6.45, 7) is 6.01. The predicted molar refractivity (Wildman–Crippen MR) is 127 cm³/mol. The number of carboxylic acids is 2. The lowest BCUT2D eigenvalue weighted by Crippen LogP contribution is -2.23. The molecule has 0 saturated heterocycles. The van der Waals surface area contributed by atoms with Crippen molar-refractivity contribution in [2.45, 2.75) is 84.7 Å². The van der Waals surface area contributed by atoms with Gasteiger partial charge in [-0.2, -0.15) is 0 Å². The highest BCUT2D eigenvalue weighted by Gasteiger charge is 2.16. The van der Waals surface area contributed by atoms with Crippen LogP contribution in [0, 0.1) is 5.92 Å². The van der Waals surface area contributed by atoms with Crippen molar-refractivity contribution in [1.29, 1.82) is 0 Å². The maximum atomic E-state index is 12.2. The summed E-state index contributed by atoms with van der Waals surface area (Å²) in [5.74, 6) is -0.467. The minimum absolute atomic E-state index is 0.0738. The first-order valence-corrected chi connectivity index (χ1v) is 11.7. The van der Waals surface area contributed by atoms with Crippen molar-refractivity contribution >= 4 is 17.7 Å². The SMILES string of the molecule is CC(C)/C=C/CCCCC(=O)CCc1ccc(OCCCCC(=O)O)c(OC(C)C(=O)O)c1. The van der Waals surface area contributed by atoms with E-state index in [1.807, 2.05) is 6.07 Å². The number of rotatable bonds is 18. The lowest BCUT2D eigenvalue weighted by molar-refractivity contribution is -0.144. The first-order chi connectivity index (χ1) is 15.7. The van der Waals surface area contributed by atoms with Gasteiger partial charge in [-0.25, -0.2) is 4.79 Å². The minimum Gasteiger partial charge on any atom is -0.490 e. The molecule has 0 spiro atoms. The number of aryl methyl sites for hydroxylation is 1. The van der Waals surface area contributed by atoms with Crippen molar-refractivity contribution in [3.05, 3.63) is 35.9 Å². The molecule has 7 nitrogen and oxygen atoms in total. The van der Waals surface area contributed by atoms with Crippen molar-refractivity contribution in [3.63, 3.8) is 0 Å². The topological polar surface area (TPSA) is 110 Å². The maximum absolute atomic E-state index is 12.2. The molecule has 1 aromatic rings. The summed E-state index contributed by atoms with van der Waals surface area (Å²) in [5, 5.41) is 17.9. The van der Waals surface area contributed by atoms with Crippen LogP contribution in [0.5, 0.6) is 11.5 Å². The van der Waals surface area contributed by atoms with E-state index in [0.717, 1.165) is 24.8 Å². The van der Waals surface area contributed by atoms with E-state index in [2.05, 4.69) is 26.0 Å². The third kappa shape index (κ3) is 13.3. The smallest absolute Gasteiger partial charge is 0.344 e. The quantitative estimate of drug-likeness (QED) is 0.220. The number of ether oxygens (including phenoxy) is 2. The Bertz CT molecular complexity index is 783. The van der Waals surface area contributed by atoms with Crippen molar-refractivity contribution in [2.75, 3.05) is 6.61 Å². The second kappa shape index (κ2) is 15.9. The highest BCUT2D eigenvalue weighted by molar-refractivity contribution is 5.78. The molecule has 0 saturated carbocycles. The summed E-state index contributed by atoms with van der Waals surface area (Å²) in [7, 11) is 0. The van der Waals surface area contributed by atoms with Crippen molar-refractivity contribution in [3.8, 4) is 11.5 Å². The predicted octanol–water partition coefficient (Wildman–Crippen LogP) is 5.45. The molecule has 0 aliphatic carbocycles. The summed E-state index contributed by atoms with van der Waals surface area (Å²) >= 11 is 0. The van der Waals surface area contributed by atoms with E-state index in [1.54, 1.807) is 12.1 Å². The number of benzene rings is 1. The Labute approximate surface area is 196 Å². The molecule has 2 N–H and O–H groups in total. The van der Waals surface area contributed by atoms with Crippen LogP contribution in [0.4, 0.5) is 0 Å². The zero-order valence-corrected chi connectivity index (χ0v) is 20.0. The molecule has 7 heteroatoms. The standard InChI is InChI=1S/C26H38O7/c1-19(2)10-6-4-5-7-11-22(27)15-13-21-14-16-23(32-17-9-8-12-25(28)29)24(18-21)33-20(3)26(30)31/h6,10,14,16,18-20H,4-5,7-9,11-13,15,17H2,1-3H3,(H,28,29)(H,30,31)/b10-6+. The first-order valence-electron chi connectivity index (χ1n) is 11.7. The Hall–Kier alpha value is -2.83. The molecule has 0 aliphatic heterocycles. The molecule has 1 aromatic carbocycles. The van der Waals surface area contributed by atoms with Gasteiger partial charge in [0, 0.05) is 19.3 Å². The van der Waals surface area contributed by atoms with Crippen molar-refractivity contribution < 1.29 is 34.1 Å². The second-order valence-corrected chi connectivity index (χ2v) is 8.54. The van der Waals surface area contributed by atoms with Crippen LogP contribution in [-0.2, 0) is 20.8 Å². The maximum Gasteiger partial charge on any atom is 0.344 e. The van der Waals surface area contributed by atoms with Gasteiger partial charge < -0.3 is 19.7 Å². The van der Waals surface area contributed by atoms with Gasteiger partial charge in [-0.1, -0.05) is 32.1 Å². The Kier molecular flexibility index (Phi) is 13.6. The number of allylic oxidation sites excluding steroid dienone is 2. The highest BCUT2D eigenvalue weighted by Crippen LogP contribution is 2.30. The molecule has 0 heterocycles. The van der Waals surface area contributed by atoms with Gasteiger partial charge in [-0.05, 0) is 69.1 Å². The molecule has 0 aromatic heterocycles. The molecule has 1 unspecified atom stereocenters. The number of aliphatic carboxylic acids is 2. The van der Waals surface area contributed by atoms with Crippen LogP contribution in [-0.4, -0.2) is 40.6 Å². The molecule has 0 fully saturated rings. The van der Waals surface area contributed by atoms with Gasteiger partial charge in [0.1, 0.15) is 5.78 Å². The fourth-order valence-corrected chi connectivity index (χ4v) is 3.08. The lowest BCUT2D eigenvalue weighted by Gasteiger charge is -2.16. The molecular weight excluding hydrogens is 424 g/mol. The van der Waals surface area contributed by atoms with E-state index in [-0.39, 0.29) is 12.2 Å². The van der Waals surface area contributed by atoms with E-state index in [0.29, 0.717) is 56.1 Å². The minimum atomic E-state index is -1.09. The Morgan fingerprint density at radius 3 is 2.33 bits per heavy atom. The summed E-state index contributed by atoms with van der Waals surface area (Å²) in [6, 6.07) is 5.27. The number of hydrogen-bond acceptors (Lipinski definition) is 5. The van der Waals surface area contributed by atoms with Crippen LogP contribution >= 0.6 is 0 Å². The van der Waals surface area contributed by atoms with Gasteiger partial charge in [0.05, 0.1) is 6.61 Å². The average Bonchev–Trinajstić information content (AvgIpc) is 2.75. The third-order valence-corrected chi connectivity index (χ3v) is 4.99. The number of carbonyl (C=O) groups excluding carboxylic acids is 1. The first kappa shape index (κ1) is 28.2. The van der Waals surface area contributed by atoms with E-state index < -0.39 is 18.0 Å². The number of Topliss-reactive ketones (excluding diaryl/α,β-unsaturated/α-hetero) is 1. The zero-order valence-electron chi connectivity index (χ0n) is 20.0. The average molecular weight is 463 g/mol. The van der Waals surface area contributed by atoms with E-state index in [1.165, 1.54) is 6.92 Å². The molecule has 0 bridgehead atoms. The van der Waals surface area contributed by atoms with E-state index in [9.17, 15) is 19.5 Å². The Morgan fingerprint density at radius 2 is 1.67 bits per heavy atom. The second-order valence-electron chi connectivity index (χ2n) is 8.54. The van der Waals surface area contributed by atoms with Crippen LogP contribution in [0.2, 0.25) is 0 Å². The van der Waals surface area contributed by atoms with Gasteiger partial charge in [0.25, 0.3) is 0 Å². The molecule has 0 aliphatic rings. The van der Waals surface area contributed by atoms with Crippen LogP contribution in [0.3, 0.4) is 0 Å². The zero-order chi connectivity index (χ0) is 24.6. The van der Waals surface area contributed by atoms with E-state index >= 15 is 0 Å². The van der Waals surface area contributed by atoms with Crippen molar-refractivity contribution in [1.82, 2.24) is 0 Å².